The van der Waals surface area contributed by atoms with Crippen molar-refractivity contribution in [2.75, 3.05) is 20.7 Å². The zero-order valence-corrected chi connectivity index (χ0v) is 27.2. The fraction of sp³-hybridized carbons (Fsp3) is 0.382. The molecule has 0 unspecified atom stereocenters. The number of nitrogens with zero attached hydrogens (tertiary/aromatic N) is 4. The molecular weight excluding hydrogens is 588 g/mol. The molecule has 0 bridgehead atoms. The lowest BCUT2D eigenvalue weighted by atomic mass is 9.93. The highest BCUT2D eigenvalue weighted by Gasteiger charge is 2.28. The van der Waals surface area contributed by atoms with Crippen LogP contribution in [0.5, 0.6) is 0 Å². The summed E-state index contributed by atoms with van der Waals surface area (Å²) in [5.41, 5.74) is 3.65. The topological polar surface area (TPSA) is 163 Å². The third kappa shape index (κ3) is 9.11. The number of benzene rings is 1. The Morgan fingerprint density at radius 1 is 1.07 bits per heavy atom. The fourth-order valence-corrected chi connectivity index (χ4v) is 5.00. The lowest BCUT2D eigenvalue weighted by molar-refractivity contribution is -0.151. The molecule has 3 rings (SSSR count). The Labute approximate surface area is 268 Å². The van der Waals surface area contributed by atoms with Gasteiger partial charge in [0.25, 0.3) is 17.4 Å². The molecule has 0 radical (unpaired) electrons. The van der Waals surface area contributed by atoms with Gasteiger partial charge in [0.2, 0.25) is 5.91 Å². The van der Waals surface area contributed by atoms with Crippen LogP contribution in [0.25, 0.3) is 11.1 Å². The molecule has 0 spiro atoms. The number of likely N-dealkylation sites (N-methyl/N-ethyl adjacent to an activating group) is 1. The number of aryl methyl sites for hydroxylation is 3. The molecule has 2 heterocycles. The highest BCUT2D eigenvalue weighted by Crippen LogP contribution is 2.30. The third-order valence-electron chi connectivity index (χ3n) is 7.35. The van der Waals surface area contributed by atoms with Gasteiger partial charge in [0.1, 0.15) is 11.6 Å². The number of esters is 1. The van der Waals surface area contributed by atoms with E-state index >= 15 is 0 Å². The van der Waals surface area contributed by atoms with Crippen molar-refractivity contribution in [1.82, 2.24) is 25.1 Å². The van der Waals surface area contributed by atoms with Crippen molar-refractivity contribution in [2.24, 2.45) is 13.0 Å². The van der Waals surface area contributed by atoms with E-state index in [1.807, 2.05) is 27.7 Å². The van der Waals surface area contributed by atoms with Crippen LogP contribution in [0, 0.1) is 31.1 Å². The van der Waals surface area contributed by atoms with Crippen LogP contribution in [0.2, 0.25) is 0 Å². The van der Waals surface area contributed by atoms with E-state index in [9.17, 15) is 29.2 Å². The normalized spacial score (nSPS) is 12.1. The molecule has 0 aliphatic heterocycles. The largest absolute Gasteiger partial charge is 0.455 e. The maximum absolute atomic E-state index is 13.8. The Balaban J connectivity index is 1.97. The molecule has 12 nitrogen and oxygen atoms in total. The molecular formula is C34H40N6O6. The van der Waals surface area contributed by atoms with E-state index in [1.165, 1.54) is 49.1 Å². The molecule has 0 aliphatic carbocycles. The summed E-state index contributed by atoms with van der Waals surface area (Å²) in [4.78, 5) is 70.1. The van der Waals surface area contributed by atoms with Crippen molar-refractivity contribution in [3.8, 4) is 17.2 Å². The van der Waals surface area contributed by atoms with Crippen LogP contribution in [-0.2, 0) is 26.2 Å². The van der Waals surface area contributed by atoms with Crippen molar-refractivity contribution >= 4 is 23.7 Å². The number of carbonyl (C=O) groups is 4. The van der Waals surface area contributed by atoms with Crippen molar-refractivity contribution in [2.45, 2.75) is 52.6 Å². The van der Waals surface area contributed by atoms with E-state index in [0.29, 0.717) is 16.7 Å². The molecule has 2 N–H and O–H groups in total. The fourth-order valence-electron chi connectivity index (χ4n) is 5.00. The van der Waals surface area contributed by atoms with E-state index < -0.39 is 47.9 Å². The van der Waals surface area contributed by atoms with Crippen LogP contribution >= 0.6 is 0 Å². The number of amides is 3. The summed E-state index contributed by atoms with van der Waals surface area (Å²) in [7, 11) is 4.60. The smallest absolute Gasteiger partial charge is 0.308 e. The molecule has 3 amide bonds. The summed E-state index contributed by atoms with van der Waals surface area (Å²) in [5, 5.41) is 14.9. The summed E-state index contributed by atoms with van der Waals surface area (Å²) in [5.74, 6) is -2.42. The average Bonchev–Trinajstić information content (AvgIpc) is 2.99. The minimum absolute atomic E-state index is 0.0116. The first-order valence-electron chi connectivity index (χ1n) is 14.8. The van der Waals surface area contributed by atoms with Crippen LogP contribution in [0.4, 0.5) is 0 Å². The maximum atomic E-state index is 13.8. The number of rotatable bonds is 12. The van der Waals surface area contributed by atoms with Gasteiger partial charge < -0.3 is 24.8 Å². The molecule has 3 aromatic rings. The Morgan fingerprint density at radius 3 is 2.35 bits per heavy atom. The zero-order valence-electron chi connectivity index (χ0n) is 27.2. The highest BCUT2D eigenvalue weighted by molar-refractivity contribution is 5.97. The predicted octanol–water partition coefficient (Wildman–Crippen LogP) is 2.96. The van der Waals surface area contributed by atoms with Gasteiger partial charge in [-0.1, -0.05) is 13.8 Å². The molecule has 0 saturated heterocycles. The van der Waals surface area contributed by atoms with Gasteiger partial charge in [-0.15, -0.1) is 0 Å². The van der Waals surface area contributed by atoms with E-state index in [1.54, 1.807) is 30.5 Å². The molecule has 0 aliphatic rings. The van der Waals surface area contributed by atoms with Gasteiger partial charge in [-0.3, -0.25) is 29.0 Å². The minimum Gasteiger partial charge on any atom is -0.455 e. The lowest BCUT2D eigenvalue weighted by Gasteiger charge is -2.25. The second kappa shape index (κ2) is 15.6. The standard InChI is InChI=1S/C34H40N6O6/c1-20(2)11-28(38-32(43)26-9-8-10-40(7)34(26)45)33(44)37-27(15-30(42)46-19-29(41)39(5)6)24-14-25(18-36-17-24)31-21(3)12-23(16-35)13-22(31)4/h8-10,12-14,17-18,20,27-28H,11,15,19H2,1-7H3,(H,37,44)(H,38,43)/t27-,28-/m0/s1. The molecule has 12 heteroatoms. The number of pyridine rings is 2. The molecule has 2 atom stereocenters. The van der Waals surface area contributed by atoms with Gasteiger partial charge in [-0.2, -0.15) is 5.26 Å². The summed E-state index contributed by atoms with van der Waals surface area (Å²) in [6, 6.07) is 8.45. The number of carbonyl (C=O) groups excluding carboxylic acids is 4. The molecule has 0 fully saturated rings. The van der Waals surface area contributed by atoms with Gasteiger partial charge in [-0.05, 0) is 78.8 Å². The average molecular weight is 629 g/mol. The summed E-state index contributed by atoms with van der Waals surface area (Å²) in [6.07, 6.45) is 4.62. The monoisotopic (exact) mass is 628 g/mol. The van der Waals surface area contributed by atoms with E-state index in [-0.39, 0.29) is 24.3 Å². The maximum Gasteiger partial charge on any atom is 0.308 e. The summed E-state index contributed by atoms with van der Waals surface area (Å²) < 4.78 is 6.48. The SMILES string of the molecule is Cc1cc(C#N)cc(C)c1-c1cncc([C@H](CC(=O)OCC(=O)N(C)C)NC(=O)[C@H](CC(C)C)NC(=O)c2cccn(C)c2=O)c1. The van der Waals surface area contributed by atoms with Gasteiger partial charge in [0, 0.05) is 45.3 Å². The third-order valence-corrected chi connectivity index (χ3v) is 7.35. The molecule has 2 aromatic heterocycles. The Kier molecular flexibility index (Phi) is 11.9. The number of ether oxygens (including phenoxy) is 1. The van der Waals surface area contributed by atoms with Crippen molar-refractivity contribution in [3.05, 3.63) is 87.1 Å². The van der Waals surface area contributed by atoms with Gasteiger partial charge in [0.15, 0.2) is 6.61 Å². The van der Waals surface area contributed by atoms with Crippen LogP contribution in [0.3, 0.4) is 0 Å². The lowest BCUT2D eigenvalue weighted by Crippen LogP contribution is -2.49. The van der Waals surface area contributed by atoms with Crippen LogP contribution < -0.4 is 16.2 Å². The Hall–Kier alpha value is -5.31. The summed E-state index contributed by atoms with van der Waals surface area (Å²) in [6.45, 7) is 7.08. The second-order valence-electron chi connectivity index (χ2n) is 11.8. The predicted molar refractivity (Wildman–Crippen MR) is 171 cm³/mol. The second-order valence-corrected chi connectivity index (χ2v) is 11.8. The first-order chi connectivity index (χ1) is 21.7. The molecule has 0 saturated carbocycles. The van der Waals surface area contributed by atoms with Gasteiger partial charge in [0.05, 0.1) is 24.1 Å². The van der Waals surface area contributed by atoms with Crippen molar-refractivity contribution in [3.63, 3.8) is 0 Å². The molecule has 242 valence electrons. The van der Waals surface area contributed by atoms with E-state index in [2.05, 4.69) is 21.7 Å². The van der Waals surface area contributed by atoms with Crippen LogP contribution in [0.15, 0.2) is 53.7 Å². The highest BCUT2D eigenvalue weighted by atomic mass is 16.5. The molecule has 46 heavy (non-hydrogen) atoms. The quantitative estimate of drug-likeness (QED) is 0.289. The van der Waals surface area contributed by atoms with Gasteiger partial charge >= 0.3 is 5.97 Å². The zero-order chi connectivity index (χ0) is 34.1. The minimum atomic E-state index is -1.04. The number of hydrogen-bond donors (Lipinski definition) is 2. The number of hydrogen-bond acceptors (Lipinski definition) is 8. The van der Waals surface area contributed by atoms with Gasteiger partial charge in [-0.25, -0.2) is 0 Å². The van der Waals surface area contributed by atoms with Crippen LogP contribution in [0.1, 0.15) is 65.3 Å². The van der Waals surface area contributed by atoms with E-state index in [4.69, 9.17) is 4.74 Å². The molecule has 1 aromatic carbocycles. The van der Waals surface area contributed by atoms with E-state index in [0.717, 1.165) is 16.7 Å². The number of nitriles is 1. The number of nitrogens with one attached hydrogen (secondary N) is 2. The first-order valence-corrected chi connectivity index (χ1v) is 14.8. The number of aromatic nitrogens is 2. The van der Waals surface area contributed by atoms with Crippen LogP contribution in [-0.4, -0.2) is 64.9 Å². The Bertz CT molecular complexity index is 1700. The van der Waals surface area contributed by atoms with Crippen molar-refractivity contribution < 1.29 is 23.9 Å². The summed E-state index contributed by atoms with van der Waals surface area (Å²) >= 11 is 0. The van der Waals surface area contributed by atoms with Crippen molar-refractivity contribution in [1.29, 1.82) is 5.26 Å². The first kappa shape index (κ1) is 35.2. The Morgan fingerprint density at radius 2 is 1.74 bits per heavy atom.